The van der Waals surface area contributed by atoms with Crippen LogP contribution in [0.4, 0.5) is 0 Å². The Morgan fingerprint density at radius 2 is 2.60 bits per heavy atom. The Morgan fingerprint density at radius 1 is 1.80 bits per heavy atom. The molecule has 3 heteroatoms. The SMILES string of the molecule is N#CC(N)CC1CCNC1. The molecule has 0 aliphatic carbocycles. The van der Waals surface area contributed by atoms with Crippen molar-refractivity contribution < 1.29 is 0 Å². The third kappa shape index (κ3) is 1.98. The standard InChI is InChI=1S/C7H13N3/c8-4-7(9)3-6-1-2-10-5-6/h6-7,10H,1-3,5,9H2. The van der Waals surface area contributed by atoms with E-state index in [2.05, 4.69) is 5.32 Å². The van der Waals surface area contributed by atoms with Crippen LogP contribution in [0.2, 0.25) is 0 Å². The third-order valence-electron chi connectivity index (χ3n) is 1.92. The average Bonchev–Trinajstić information content (AvgIpc) is 2.40. The Bertz CT molecular complexity index is 132. The first-order valence-corrected chi connectivity index (χ1v) is 3.69. The molecule has 10 heavy (non-hydrogen) atoms. The predicted octanol–water partition coefficient (Wildman–Crippen LogP) is -0.163. The van der Waals surface area contributed by atoms with Crippen LogP contribution in [0, 0.1) is 17.2 Å². The van der Waals surface area contributed by atoms with E-state index in [1.165, 1.54) is 6.42 Å². The first kappa shape index (κ1) is 7.52. The molecule has 0 aromatic rings. The zero-order chi connectivity index (χ0) is 7.40. The zero-order valence-corrected chi connectivity index (χ0v) is 6.01. The van der Waals surface area contributed by atoms with E-state index >= 15 is 0 Å². The molecular weight excluding hydrogens is 126 g/mol. The van der Waals surface area contributed by atoms with Crippen LogP contribution in [0.25, 0.3) is 0 Å². The van der Waals surface area contributed by atoms with Gasteiger partial charge in [-0.3, -0.25) is 0 Å². The molecule has 1 rings (SSSR count). The van der Waals surface area contributed by atoms with Gasteiger partial charge in [0.1, 0.15) is 0 Å². The molecule has 1 saturated heterocycles. The number of hydrogen-bond acceptors (Lipinski definition) is 3. The highest BCUT2D eigenvalue weighted by Crippen LogP contribution is 2.12. The lowest BCUT2D eigenvalue weighted by atomic mass is 10.0. The fourth-order valence-corrected chi connectivity index (χ4v) is 1.33. The molecule has 1 fully saturated rings. The van der Waals surface area contributed by atoms with Gasteiger partial charge in [0.15, 0.2) is 0 Å². The quantitative estimate of drug-likeness (QED) is 0.558. The van der Waals surface area contributed by atoms with Gasteiger partial charge in [0.25, 0.3) is 0 Å². The summed E-state index contributed by atoms with van der Waals surface area (Å²) in [6.45, 7) is 2.12. The van der Waals surface area contributed by atoms with Crippen LogP contribution in [0.15, 0.2) is 0 Å². The van der Waals surface area contributed by atoms with Crippen molar-refractivity contribution in [3.8, 4) is 6.07 Å². The van der Waals surface area contributed by atoms with Crippen molar-refractivity contribution in [2.45, 2.75) is 18.9 Å². The van der Waals surface area contributed by atoms with E-state index in [0.29, 0.717) is 5.92 Å². The lowest BCUT2D eigenvalue weighted by molar-refractivity contribution is 0.506. The highest BCUT2D eigenvalue weighted by Gasteiger charge is 2.16. The van der Waals surface area contributed by atoms with Gasteiger partial charge in [-0.05, 0) is 31.8 Å². The molecule has 0 aromatic carbocycles. The smallest absolute Gasteiger partial charge is 0.0931 e. The Labute approximate surface area is 61.2 Å². The molecule has 0 spiro atoms. The molecule has 2 unspecified atom stereocenters. The van der Waals surface area contributed by atoms with Crippen molar-refractivity contribution in [2.24, 2.45) is 11.7 Å². The summed E-state index contributed by atoms with van der Waals surface area (Å²) in [6.07, 6.45) is 2.03. The number of nitrogens with zero attached hydrogens (tertiary/aromatic N) is 1. The maximum absolute atomic E-state index is 8.40. The minimum Gasteiger partial charge on any atom is -0.316 e. The second kappa shape index (κ2) is 3.55. The van der Waals surface area contributed by atoms with Crippen molar-refractivity contribution in [3.63, 3.8) is 0 Å². The van der Waals surface area contributed by atoms with Gasteiger partial charge in [0.05, 0.1) is 12.1 Å². The lowest BCUT2D eigenvalue weighted by Crippen LogP contribution is -2.22. The molecule has 2 atom stereocenters. The van der Waals surface area contributed by atoms with E-state index in [1.807, 2.05) is 6.07 Å². The van der Waals surface area contributed by atoms with Crippen LogP contribution in [0.5, 0.6) is 0 Å². The van der Waals surface area contributed by atoms with Gasteiger partial charge >= 0.3 is 0 Å². The molecule has 0 saturated carbocycles. The fourth-order valence-electron chi connectivity index (χ4n) is 1.33. The second-order valence-corrected chi connectivity index (χ2v) is 2.83. The summed E-state index contributed by atoms with van der Waals surface area (Å²) < 4.78 is 0. The Balaban J connectivity index is 2.19. The van der Waals surface area contributed by atoms with Crippen LogP contribution >= 0.6 is 0 Å². The lowest BCUT2D eigenvalue weighted by Gasteiger charge is -2.07. The number of nitrogens with one attached hydrogen (secondary N) is 1. The van der Waals surface area contributed by atoms with Gasteiger partial charge in [0, 0.05) is 0 Å². The summed E-state index contributed by atoms with van der Waals surface area (Å²) in [4.78, 5) is 0. The van der Waals surface area contributed by atoms with E-state index in [1.54, 1.807) is 0 Å². The van der Waals surface area contributed by atoms with E-state index in [0.717, 1.165) is 19.5 Å². The van der Waals surface area contributed by atoms with Gasteiger partial charge < -0.3 is 11.1 Å². The van der Waals surface area contributed by atoms with Crippen LogP contribution < -0.4 is 11.1 Å². The molecule has 0 aromatic heterocycles. The van der Waals surface area contributed by atoms with E-state index in [9.17, 15) is 0 Å². The molecule has 1 heterocycles. The Kier molecular flexibility index (Phi) is 2.67. The number of nitriles is 1. The maximum Gasteiger partial charge on any atom is 0.0931 e. The number of nitrogens with two attached hydrogens (primary N) is 1. The van der Waals surface area contributed by atoms with Crippen LogP contribution in [0.1, 0.15) is 12.8 Å². The largest absolute Gasteiger partial charge is 0.316 e. The van der Waals surface area contributed by atoms with E-state index in [-0.39, 0.29) is 6.04 Å². The minimum atomic E-state index is -0.259. The van der Waals surface area contributed by atoms with Crippen molar-refractivity contribution in [3.05, 3.63) is 0 Å². The number of rotatable bonds is 2. The van der Waals surface area contributed by atoms with Crippen molar-refractivity contribution in [1.82, 2.24) is 5.32 Å². The highest BCUT2D eigenvalue weighted by atomic mass is 14.9. The monoisotopic (exact) mass is 139 g/mol. The fraction of sp³-hybridized carbons (Fsp3) is 0.857. The Hall–Kier alpha value is -0.590. The van der Waals surface area contributed by atoms with Crippen molar-refractivity contribution in [1.29, 1.82) is 5.26 Å². The molecule has 0 bridgehead atoms. The molecule has 1 aliphatic rings. The average molecular weight is 139 g/mol. The van der Waals surface area contributed by atoms with E-state index < -0.39 is 0 Å². The summed E-state index contributed by atoms with van der Waals surface area (Å²) in [5.74, 6) is 0.634. The number of hydrogen-bond donors (Lipinski definition) is 2. The molecule has 0 amide bonds. The van der Waals surface area contributed by atoms with Crippen molar-refractivity contribution >= 4 is 0 Å². The predicted molar refractivity (Wildman–Crippen MR) is 39.2 cm³/mol. The molecule has 56 valence electrons. The normalized spacial score (nSPS) is 27.8. The topological polar surface area (TPSA) is 61.8 Å². The highest BCUT2D eigenvalue weighted by molar-refractivity contribution is 4.89. The summed E-state index contributed by atoms with van der Waals surface area (Å²) in [7, 11) is 0. The molecule has 3 N–H and O–H groups in total. The summed E-state index contributed by atoms with van der Waals surface area (Å²) >= 11 is 0. The maximum atomic E-state index is 8.40. The summed E-state index contributed by atoms with van der Waals surface area (Å²) in [5, 5.41) is 11.6. The first-order chi connectivity index (χ1) is 4.83. The van der Waals surface area contributed by atoms with Crippen LogP contribution in [0.3, 0.4) is 0 Å². The molecule has 3 nitrogen and oxygen atoms in total. The van der Waals surface area contributed by atoms with Gasteiger partial charge in [0.2, 0.25) is 0 Å². The van der Waals surface area contributed by atoms with Gasteiger partial charge in [-0.25, -0.2) is 0 Å². The van der Waals surface area contributed by atoms with Crippen LogP contribution in [-0.2, 0) is 0 Å². The second-order valence-electron chi connectivity index (χ2n) is 2.83. The summed E-state index contributed by atoms with van der Waals surface area (Å²) in [5.41, 5.74) is 5.46. The molecule has 0 radical (unpaired) electrons. The minimum absolute atomic E-state index is 0.259. The van der Waals surface area contributed by atoms with E-state index in [4.69, 9.17) is 11.0 Å². The zero-order valence-electron chi connectivity index (χ0n) is 6.01. The third-order valence-corrected chi connectivity index (χ3v) is 1.92. The van der Waals surface area contributed by atoms with Gasteiger partial charge in [-0.15, -0.1) is 0 Å². The van der Waals surface area contributed by atoms with Crippen LogP contribution in [-0.4, -0.2) is 19.1 Å². The first-order valence-electron chi connectivity index (χ1n) is 3.69. The van der Waals surface area contributed by atoms with Gasteiger partial charge in [-0.1, -0.05) is 0 Å². The summed E-state index contributed by atoms with van der Waals surface area (Å²) in [6, 6.07) is 1.78. The van der Waals surface area contributed by atoms with Gasteiger partial charge in [-0.2, -0.15) is 5.26 Å². The van der Waals surface area contributed by atoms with Crippen molar-refractivity contribution in [2.75, 3.05) is 13.1 Å². The molecule has 1 aliphatic heterocycles. The Morgan fingerprint density at radius 3 is 3.10 bits per heavy atom. The molecular formula is C7H13N3.